The Morgan fingerprint density at radius 1 is 0.881 bits per heavy atom. The summed E-state index contributed by atoms with van der Waals surface area (Å²) in [6.07, 6.45) is 1.07. The quantitative estimate of drug-likeness (QED) is 0.262. The van der Waals surface area contributed by atoms with E-state index < -0.39 is 6.04 Å². The summed E-state index contributed by atoms with van der Waals surface area (Å²) in [6.45, 7) is 4.60. The zero-order valence-electron chi connectivity index (χ0n) is 24.1. The Bertz CT molecular complexity index is 1660. The van der Waals surface area contributed by atoms with Crippen molar-refractivity contribution in [3.05, 3.63) is 131 Å². The number of hydrogen-bond donors (Lipinski definition) is 1. The van der Waals surface area contributed by atoms with Crippen molar-refractivity contribution in [1.82, 2.24) is 0 Å². The topological polar surface area (TPSA) is 67.9 Å². The molecule has 0 bridgehead atoms. The van der Waals surface area contributed by atoms with Gasteiger partial charge < -0.3 is 14.8 Å². The molecule has 4 aromatic rings. The second kappa shape index (κ2) is 11.2. The maximum absolute atomic E-state index is 14.4. The third-order valence-corrected chi connectivity index (χ3v) is 7.88. The number of para-hydroxylation sites is 2. The van der Waals surface area contributed by atoms with Crippen molar-refractivity contribution in [2.24, 2.45) is 5.41 Å². The van der Waals surface area contributed by atoms with Crippen LogP contribution >= 0.6 is 0 Å². The minimum Gasteiger partial charge on any atom is -0.493 e. The molecule has 6 rings (SSSR count). The molecule has 1 N–H and O–H groups in total. The minimum absolute atomic E-state index is 0.0285. The van der Waals surface area contributed by atoms with Crippen LogP contribution in [0.2, 0.25) is 0 Å². The number of fused-ring (bicyclic) bond motifs is 1. The van der Waals surface area contributed by atoms with Crippen LogP contribution in [0.5, 0.6) is 11.5 Å². The molecule has 212 valence electrons. The van der Waals surface area contributed by atoms with E-state index in [4.69, 9.17) is 9.47 Å². The summed E-state index contributed by atoms with van der Waals surface area (Å²) in [5.74, 6) is 0.959. The molecule has 6 nitrogen and oxygen atoms in total. The monoisotopic (exact) mass is 558 g/mol. The van der Waals surface area contributed by atoms with Gasteiger partial charge in [-0.1, -0.05) is 80.6 Å². The lowest BCUT2D eigenvalue weighted by Gasteiger charge is -2.37. The molecule has 0 spiro atoms. The van der Waals surface area contributed by atoms with Crippen LogP contribution in [0.3, 0.4) is 0 Å². The van der Waals surface area contributed by atoms with Crippen LogP contribution in [0.1, 0.15) is 54.2 Å². The fourth-order valence-electron chi connectivity index (χ4n) is 5.95. The zero-order chi connectivity index (χ0) is 29.3. The summed E-state index contributed by atoms with van der Waals surface area (Å²) < 4.78 is 11.9. The van der Waals surface area contributed by atoms with Gasteiger partial charge in [0.05, 0.1) is 24.5 Å². The van der Waals surface area contributed by atoms with Gasteiger partial charge in [-0.25, -0.2) is 0 Å². The average molecular weight is 559 g/mol. The van der Waals surface area contributed by atoms with Crippen molar-refractivity contribution in [2.75, 3.05) is 17.3 Å². The Kier molecular flexibility index (Phi) is 7.29. The van der Waals surface area contributed by atoms with Crippen LogP contribution < -0.4 is 19.7 Å². The van der Waals surface area contributed by atoms with Gasteiger partial charge in [0.2, 0.25) is 0 Å². The lowest BCUT2D eigenvalue weighted by atomic mass is 9.73. The lowest BCUT2D eigenvalue weighted by molar-refractivity contribution is -0.118. The molecule has 1 amide bonds. The van der Waals surface area contributed by atoms with Crippen molar-refractivity contribution in [1.29, 1.82) is 0 Å². The molecule has 0 radical (unpaired) electrons. The van der Waals surface area contributed by atoms with E-state index in [2.05, 4.69) is 19.2 Å². The van der Waals surface area contributed by atoms with Gasteiger partial charge in [-0.3, -0.25) is 14.5 Å². The Hall–Kier alpha value is -4.84. The van der Waals surface area contributed by atoms with E-state index in [1.165, 1.54) is 0 Å². The van der Waals surface area contributed by atoms with Crippen molar-refractivity contribution in [3.63, 3.8) is 0 Å². The number of carbonyl (C=O) groups excluding carboxylic acids is 2. The first-order chi connectivity index (χ1) is 20.3. The van der Waals surface area contributed by atoms with Crippen LogP contribution in [0.4, 0.5) is 11.4 Å². The standard InChI is InChI=1S/C36H34N2O4/c1-36(2)21-28-33(30(39)22-36)34(26-18-19-31(32(20-26)41-3)42-23-24-12-6-4-7-13-24)38(29-17-11-10-16-27(29)37-28)35(40)25-14-8-5-9-15-25/h4-20,34,37H,21-23H2,1-3H3/t34-/m1/s1. The first-order valence-corrected chi connectivity index (χ1v) is 14.2. The number of ether oxygens (including phenoxy) is 2. The summed E-state index contributed by atoms with van der Waals surface area (Å²) in [5, 5.41) is 3.57. The van der Waals surface area contributed by atoms with Gasteiger partial charge in [0.1, 0.15) is 6.61 Å². The molecule has 0 saturated heterocycles. The molecular weight excluding hydrogens is 524 g/mol. The number of nitrogens with one attached hydrogen (secondary N) is 1. The van der Waals surface area contributed by atoms with Crippen LogP contribution in [-0.2, 0) is 11.4 Å². The number of methoxy groups -OCH3 is 1. The number of anilines is 2. The maximum atomic E-state index is 14.4. The highest BCUT2D eigenvalue weighted by Gasteiger charge is 2.43. The van der Waals surface area contributed by atoms with Crippen molar-refractivity contribution in [2.45, 2.75) is 39.3 Å². The van der Waals surface area contributed by atoms with Crippen LogP contribution in [0.15, 0.2) is 114 Å². The number of rotatable bonds is 6. The summed E-state index contributed by atoms with van der Waals surface area (Å²) >= 11 is 0. The third kappa shape index (κ3) is 5.28. The Morgan fingerprint density at radius 2 is 1.57 bits per heavy atom. The molecule has 42 heavy (non-hydrogen) atoms. The lowest BCUT2D eigenvalue weighted by Crippen LogP contribution is -2.39. The van der Waals surface area contributed by atoms with Crippen LogP contribution in [0.25, 0.3) is 0 Å². The van der Waals surface area contributed by atoms with Gasteiger partial charge in [-0.2, -0.15) is 0 Å². The van der Waals surface area contributed by atoms with E-state index in [1.54, 1.807) is 12.0 Å². The average Bonchev–Trinajstić information content (AvgIpc) is 3.14. The molecule has 4 aromatic carbocycles. The Labute approximate surface area is 246 Å². The number of hydrogen-bond acceptors (Lipinski definition) is 5. The molecule has 1 aliphatic heterocycles. The summed E-state index contributed by atoms with van der Waals surface area (Å²) in [6, 6.07) is 31.9. The Morgan fingerprint density at radius 3 is 2.31 bits per heavy atom. The van der Waals surface area contributed by atoms with E-state index in [1.807, 2.05) is 103 Å². The second-order valence-electron chi connectivity index (χ2n) is 11.6. The zero-order valence-corrected chi connectivity index (χ0v) is 24.1. The summed E-state index contributed by atoms with van der Waals surface area (Å²) in [5.41, 5.74) is 5.09. The fraction of sp³-hybridized carbons (Fsp3) is 0.222. The second-order valence-corrected chi connectivity index (χ2v) is 11.6. The highest BCUT2D eigenvalue weighted by molar-refractivity contribution is 6.12. The molecule has 0 saturated carbocycles. The van der Waals surface area contributed by atoms with E-state index >= 15 is 0 Å². The van der Waals surface area contributed by atoms with Gasteiger partial charge in [0.15, 0.2) is 17.3 Å². The summed E-state index contributed by atoms with van der Waals surface area (Å²) in [4.78, 5) is 30.2. The molecule has 6 heteroatoms. The number of ketones is 1. The SMILES string of the molecule is COc1cc([C@@H]2C3=C(CC(C)(C)CC3=O)Nc3ccccc3N2C(=O)c2ccccc2)ccc1OCc1ccccc1. The largest absolute Gasteiger partial charge is 0.493 e. The van der Waals surface area contributed by atoms with Crippen LogP contribution in [-0.4, -0.2) is 18.8 Å². The molecule has 2 aliphatic rings. The van der Waals surface area contributed by atoms with Gasteiger partial charge in [-0.05, 0) is 59.4 Å². The normalized spacial score (nSPS) is 17.5. The van der Waals surface area contributed by atoms with Crippen LogP contribution in [0, 0.1) is 5.41 Å². The predicted molar refractivity (Wildman–Crippen MR) is 165 cm³/mol. The smallest absolute Gasteiger partial charge is 0.259 e. The number of Topliss-reactive ketones (excluding diaryl/α,β-unsaturated/α-hetero) is 1. The molecule has 1 aliphatic carbocycles. The maximum Gasteiger partial charge on any atom is 0.259 e. The molecular formula is C36H34N2O4. The first kappa shape index (κ1) is 27.3. The van der Waals surface area contributed by atoms with Gasteiger partial charge in [0, 0.05) is 23.3 Å². The predicted octanol–water partition coefficient (Wildman–Crippen LogP) is 7.73. The molecule has 1 atom stereocenters. The molecule has 0 fully saturated rings. The van der Waals surface area contributed by atoms with E-state index in [0.717, 1.165) is 22.5 Å². The first-order valence-electron chi connectivity index (χ1n) is 14.2. The number of amides is 1. The number of allylic oxidation sites excluding steroid dienone is 1. The van der Waals surface area contributed by atoms with Gasteiger partial charge >= 0.3 is 0 Å². The highest BCUT2D eigenvalue weighted by atomic mass is 16.5. The Balaban J connectivity index is 1.51. The third-order valence-electron chi connectivity index (χ3n) is 7.88. The van der Waals surface area contributed by atoms with E-state index in [-0.39, 0.29) is 17.1 Å². The van der Waals surface area contributed by atoms with Crippen molar-refractivity contribution >= 4 is 23.1 Å². The number of nitrogens with zero attached hydrogens (tertiary/aromatic N) is 1. The van der Waals surface area contributed by atoms with Crippen molar-refractivity contribution in [3.8, 4) is 11.5 Å². The van der Waals surface area contributed by atoms with Crippen molar-refractivity contribution < 1.29 is 19.1 Å². The molecule has 1 heterocycles. The van der Waals surface area contributed by atoms with E-state index in [9.17, 15) is 9.59 Å². The molecule has 0 aromatic heterocycles. The molecule has 0 unspecified atom stereocenters. The minimum atomic E-state index is -0.676. The van der Waals surface area contributed by atoms with E-state index in [0.29, 0.717) is 47.8 Å². The van der Waals surface area contributed by atoms with Gasteiger partial charge in [0.25, 0.3) is 5.91 Å². The summed E-state index contributed by atoms with van der Waals surface area (Å²) in [7, 11) is 1.60. The fourth-order valence-corrected chi connectivity index (χ4v) is 5.95. The van der Waals surface area contributed by atoms with Gasteiger partial charge in [-0.15, -0.1) is 0 Å². The number of benzene rings is 4. The number of carbonyl (C=O) groups is 2. The highest BCUT2D eigenvalue weighted by Crippen LogP contribution is 2.49.